The lowest BCUT2D eigenvalue weighted by molar-refractivity contribution is -0.247. The largest absolute Gasteiger partial charge is 0.444 e. The van der Waals surface area contributed by atoms with Crippen molar-refractivity contribution < 1.29 is 28.6 Å². The first-order chi connectivity index (χ1) is 12.2. The van der Waals surface area contributed by atoms with Crippen LogP contribution in [0.2, 0.25) is 0 Å². The minimum absolute atomic E-state index is 0.0380. The molecule has 0 radical (unpaired) electrons. The van der Waals surface area contributed by atoms with E-state index in [1.807, 2.05) is 34.6 Å². The maximum atomic E-state index is 12.5. The SMILES string of the molecule is CC(C)(C)OC(=O)N[C@H]1CC[C@H](C(C)(C)C2C(=O)OC(C)(C)OC2=O)CC1. The number of carbonyl (C=O) groups is 3. The summed E-state index contributed by atoms with van der Waals surface area (Å²) in [6.45, 7) is 12.4. The van der Waals surface area contributed by atoms with Crippen molar-refractivity contribution in [1.29, 1.82) is 0 Å². The molecule has 1 amide bonds. The molecule has 0 aromatic rings. The molecule has 7 nitrogen and oxygen atoms in total. The van der Waals surface area contributed by atoms with E-state index in [0.29, 0.717) is 0 Å². The molecule has 0 unspecified atom stereocenters. The van der Waals surface area contributed by atoms with Crippen molar-refractivity contribution in [3.05, 3.63) is 0 Å². The molecule has 1 heterocycles. The molecule has 0 aromatic carbocycles. The highest BCUT2D eigenvalue weighted by atomic mass is 16.7. The molecule has 1 saturated carbocycles. The average Bonchev–Trinajstić information content (AvgIpc) is 2.42. The maximum Gasteiger partial charge on any atom is 0.407 e. The van der Waals surface area contributed by atoms with E-state index in [4.69, 9.17) is 14.2 Å². The van der Waals surface area contributed by atoms with Crippen LogP contribution in [0, 0.1) is 17.3 Å². The van der Waals surface area contributed by atoms with Crippen molar-refractivity contribution in [3.63, 3.8) is 0 Å². The smallest absolute Gasteiger partial charge is 0.407 e. The topological polar surface area (TPSA) is 90.9 Å². The van der Waals surface area contributed by atoms with Gasteiger partial charge in [-0.1, -0.05) is 13.8 Å². The van der Waals surface area contributed by atoms with Gasteiger partial charge in [-0.2, -0.15) is 0 Å². The second kappa shape index (κ2) is 7.32. The number of amides is 1. The molecule has 1 aliphatic carbocycles. The lowest BCUT2D eigenvalue weighted by atomic mass is 9.63. The van der Waals surface area contributed by atoms with E-state index in [1.54, 1.807) is 13.8 Å². The van der Waals surface area contributed by atoms with Gasteiger partial charge >= 0.3 is 18.0 Å². The fraction of sp³-hybridized carbons (Fsp3) is 0.850. The normalized spacial score (nSPS) is 26.8. The van der Waals surface area contributed by atoms with E-state index in [-0.39, 0.29) is 12.0 Å². The average molecular weight is 383 g/mol. The van der Waals surface area contributed by atoms with Gasteiger partial charge < -0.3 is 19.5 Å². The quantitative estimate of drug-likeness (QED) is 0.592. The number of nitrogens with one attached hydrogen (secondary N) is 1. The van der Waals surface area contributed by atoms with Crippen molar-refractivity contribution >= 4 is 18.0 Å². The van der Waals surface area contributed by atoms with Gasteiger partial charge in [-0.15, -0.1) is 0 Å². The van der Waals surface area contributed by atoms with Gasteiger partial charge in [-0.05, 0) is 57.8 Å². The van der Waals surface area contributed by atoms with E-state index >= 15 is 0 Å². The summed E-state index contributed by atoms with van der Waals surface area (Å²) in [6.07, 6.45) is 2.74. The van der Waals surface area contributed by atoms with Crippen molar-refractivity contribution in [2.45, 2.75) is 91.6 Å². The van der Waals surface area contributed by atoms with Crippen LogP contribution in [0.5, 0.6) is 0 Å². The standard InChI is InChI=1S/C20H33NO6/c1-18(2,3)27-17(24)21-13-10-8-12(9-11-13)19(4,5)14-15(22)25-20(6,7)26-16(14)23/h12-14H,8-11H2,1-7H3,(H,21,24)/t12-,13-. The van der Waals surface area contributed by atoms with Crippen LogP contribution in [0.4, 0.5) is 4.79 Å². The molecule has 1 N–H and O–H groups in total. The van der Waals surface area contributed by atoms with Gasteiger partial charge in [0, 0.05) is 19.9 Å². The number of ether oxygens (including phenoxy) is 3. The van der Waals surface area contributed by atoms with Gasteiger partial charge in [-0.3, -0.25) is 9.59 Å². The molecule has 7 heteroatoms. The summed E-state index contributed by atoms with van der Waals surface area (Å²) < 4.78 is 15.9. The highest BCUT2D eigenvalue weighted by molar-refractivity contribution is 5.97. The first kappa shape index (κ1) is 21.5. The molecule has 27 heavy (non-hydrogen) atoms. The summed E-state index contributed by atoms with van der Waals surface area (Å²) in [4.78, 5) is 36.9. The number of hydrogen-bond donors (Lipinski definition) is 1. The van der Waals surface area contributed by atoms with Crippen LogP contribution < -0.4 is 5.32 Å². The maximum absolute atomic E-state index is 12.5. The number of alkyl carbamates (subject to hydrolysis) is 1. The number of cyclic esters (lactones) is 2. The molecule has 1 saturated heterocycles. The number of carbonyl (C=O) groups excluding carboxylic acids is 3. The summed E-state index contributed by atoms with van der Waals surface area (Å²) in [5.41, 5.74) is -1.11. The van der Waals surface area contributed by atoms with Gasteiger partial charge in [0.05, 0.1) is 0 Å². The van der Waals surface area contributed by atoms with Crippen molar-refractivity contribution in [1.82, 2.24) is 5.32 Å². The van der Waals surface area contributed by atoms with Gasteiger partial charge in [0.2, 0.25) is 0 Å². The molecule has 2 aliphatic rings. The molecular weight excluding hydrogens is 350 g/mol. The Bertz CT molecular complexity index is 576. The fourth-order valence-corrected chi connectivity index (χ4v) is 4.02. The Hall–Kier alpha value is -1.79. The number of esters is 2. The third kappa shape index (κ3) is 5.36. The van der Waals surface area contributed by atoms with E-state index in [1.165, 1.54) is 0 Å². The molecule has 0 bridgehead atoms. The first-order valence-electron chi connectivity index (χ1n) is 9.66. The summed E-state index contributed by atoms with van der Waals surface area (Å²) >= 11 is 0. The van der Waals surface area contributed by atoms with Gasteiger partial charge in [0.1, 0.15) is 5.60 Å². The van der Waals surface area contributed by atoms with Crippen LogP contribution in [0.3, 0.4) is 0 Å². The van der Waals surface area contributed by atoms with Crippen molar-refractivity contribution in [3.8, 4) is 0 Å². The zero-order valence-corrected chi connectivity index (χ0v) is 17.5. The van der Waals surface area contributed by atoms with Gasteiger partial charge in [0.25, 0.3) is 5.79 Å². The van der Waals surface area contributed by atoms with Crippen LogP contribution in [-0.2, 0) is 23.8 Å². The number of rotatable bonds is 3. The van der Waals surface area contributed by atoms with Crippen molar-refractivity contribution in [2.75, 3.05) is 0 Å². The van der Waals surface area contributed by atoms with E-state index in [2.05, 4.69) is 5.32 Å². The highest BCUT2D eigenvalue weighted by Crippen LogP contribution is 2.46. The lowest BCUT2D eigenvalue weighted by Crippen LogP contribution is -2.53. The van der Waals surface area contributed by atoms with Crippen LogP contribution in [0.1, 0.15) is 74.1 Å². The van der Waals surface area contributed by atoms with E-state index in [0.717, 1.165) is 25.7 Å². The second-order valence-electron chi connectivity index (χ2n) is 9.69. The zero-order chi connectivity index (χ0) is 20.6. The number of hydrogen-bond acceptors (Lipinski definition) is 6. The highest BCUT2D eigenvalue weighted by Gasteiger charge is 2.53. The van der Waals surface area contributed by atoms with Gasteiger partial charge in [0.15, 0.2) is 5.92 Å². The Morgan fingerprint density at radius 1 is 1.00 bits per heavy atom. The molecule has 154 valence electrons. The monoisotopic (exact) mass is 383 g/mol. The van der Waals surface area contributed by atoms with Crippen LogP contribution >= 0.6 is 0 Å². The Morgan fingerprint density at radius 3 is 1.93 bits per heavy atom. The molecule has 0 spiro atoms. The minimum atomic E-state index is -1.21. The van der Waals surface area contributed by atoms with Gasteiger partial charge in [-0.25, -0.2) is 4.79 Å². The molecule has 0 atom stereocenters. The second-order valence-corrected chi connectivity index (χ2v) is 9.69. The fourth-order valence-electron chi connectivity index (χ4n) is 4.02. The summed E-state index contributed by atoms with van der Waals surface area (Å²) in [7, 11) is 0. The third-order valence-electron chi connectivity index (χ3n) is 5.41. The van der Waals surface area contributed by atoms with E-state index < -0.39 is 40.8 Å². The van der Waals surface area contributed by atoms with E-state index in [9.17, 15) is 14.4 Å². The summed E-state index contributed by atoms with van der Waals surface area (Å²) in [5, 5.41) is 2.91. The Morgan fingerprint density at radius 2 is 1.48 bits per heavy atom. The molecule has 2 fully saturated rings. The van der Waals surface area contributed by atoms with Crippen LogP contribution in [0.25, 0.3) is 0 Å². The molecule has 2 rings (SSSR count). The summed E-state index contributed by atoms with van der Waals surface area (Å²) in [6, 6.07) is 0.0380. The molecular formula is C20H33NO6. The predicted octanol–water partition coefficient (Wildman–Crippen LogP) is 3.55. The lowest BCUT2D eigenvalue weighted by Gasteiger charge is -2.45. The first-order valence-corrected chi connectivity index (χ1v) is 9.66. The van der Waals surface area contributed by atoms with Crippen molar-refractivity contribution in [2.24, 2.45) is 17.3 Å². The Labute approximate surface area is 161 Å². The molecule has 0 aromatic heterocycles. The Kier molecular flexibility index (Phi) is 5.83. The Balaban J connectivity index is 1.95. The third-order valence-corrected chi connectivity index (χ3v) is 5.41. The minimum Gasteiger partial charge on any atom is -0.444 e. The predicted molar refractivity (Wildman–Crippen MR) is 98.6 cm³/mol. The summed E-state index contributed by atoms with van der Waals surface area (Å²) in [5.74, 6) is -3.02. The zero-order valence-electron chi connectivity index (χ0n) is 17.5. The molecule has 1 aliphatic heterocycles. The van der Waals surface area contributed by atoms with Crippen LogP contribution in [0.15, 0.2) is 0 Å². The van der Waals surface area contributed by atoms with Crippen LogP contribution in [-0.4, -0.2) is 35.5 Å².